The molecule has 1 fully saturated rings. The van der Waals surface area contributed by atoms with Crippen LogP contribution in [0.5, 0.6) is 5.75 Å². The lowest BCUT2D eigenvalue weighted by Crippen LogP contribution is -2.36. The van der Waals surface area contributed by atoms with Crippen LogP contribution < -0.4 is 10.1 Å². The van der Waals surface area contributed by atoms with Crippen LogP contribution in [0.1, 0.15) is 51.7 Å². The van der Waals surface area contributed by atoms with Crippen LogP contribution in [0.2, 0.25) is 0 Å². The third-order valence-electron chi connectivity index (χ3n) is 6.11. The van der Waals surface area contributed by atoms with Gasteiger partial charge in [0.15, 0.2) is 0 Å². The van der Waals surface area contributed by atoms with Gasteiger partial charge in [-0.25, -0.2) is 4.79 Å². The van der Waals surface area contributed by atoms with Gasteiger partial charge in [-0.3, -0.25) is 4.79 Å². The molecule has 1 N–H and O–H groups in total. The molecule has 1 heterocycles. The largest absolute Gasteiger partial charge is 0.483 e. The zero-order valence-electron chi connectivity index (χ0n) is 21.6. The second-order valence-electron chi connectivity index (χ2n) is 10.3. The zero-order valence-corrected chi connectivity index (χ0v) is 21.6. The number of benzene rings is 2. The molecule has 190 valence electrons. The minimum atomic E-state index is -0.550. The molecular weight excluding hydrogens is 442 g/mol. The van der Waals surface area contributed by atoms with Gasteiger partial charge in [0.1, 0.15) is 17.5 Å². The van der Waals surface area contributed by atoms with E-state index in [0.717, 1.165) is 31.5 Å². The molecule has 1 atom stereocenters. The van der Waals surface area contributed by atoms with Gasteiger partial charge in [-0.1, -0.05) is 42.5 Å². The lowest BCUT2D eigenvalue weighted by atomic mass is 9.96. The number of rotatable bonds is 8. The Morgan fingerprint density at radius 1 is 1.06 bits per heavy atom. The van der Waals surface area contributed by atoms with Crippen LogP contribution in [-0.2, 0) is 9.53 Å². The Bertz CT molecular complexity index is 966. The van der Waals surface area contributed by atoms with E-state index in [2.05, 4.69) is 17.3 Å². The molecule has 2 aromatic rings. The Kier molecular flexibility index (Phi) is 9.15. The SMILES string of the molecule is CN1CCC(C(=O)Nc2ccccc2OC(CCN(C)C(=O)OC(C)(C)C)c2ccccc2)CC1. The first kappa shape index (κ1) is 26.5. The van der Waals surface area contributed by atoms with Crippen molar-refractivity contribution in [2.75, 3.05) is 39.0 Å². The third-order valence-corrected chi connectivity index (χ3v) is 6.11. The summed E-state index contributed by atoms with van der Waals surface area (Å²) in [5.41, 5.74) is 1.12. The molecule has 2 amide bonds. The fraction of sp³-hybridized carbons (Fsp3) is 0.500. The van der Waals surface area contributed by atoms with Crippen LogP contribution in [0, 0.1) is 5.92 Å². The standard InChI is InChI=1S/C28H39N3O4/c1-28(2,3)35-27(33)31(5)20-17-24(21-11-7-6-8-12-21)34-25-14-10-9-13-23(25)29-26(32)22-15-18-30(4)19-16-22/h6-14,22,24H,15-20H2,1-5H3,(H,29,32). The van der Waals surface area contributed by atoms with Crippen molar-refractivity contribution in [3.63, 3.8) is 0 Å². The Hall–Kier alpha value is -3.06. The van der Waals surface area contributed by atoms with Gasteiger partial charge in [0.25, 0.3) is 0 Å². The van der Waals surface area contributed by atoms with Crippen molar-refractivity contribution in [3.05, 3.63) is 60.2 Å². The van der Waals surface area contributed by atoms with Gasteiger partial charge in [-0.15, -0.1) is 0 Å². The molecular formula is C28H39N3O4. The fourth-order valence-electron chi connectivity index (χ4n) is 4.03. The number of nitrogens with one attached hydrogen (secondary N) is 1. The molecule has 1 unspecified atom stereocenters. The number of ether oxygens (including phenoxy) is 2. The maximum atomic E-state index is 12.9. The van der Waals surface area contributed by atoms with Crippen LogP contribution in [0.4, 0.5) is 10.5 Å². The Morgan fingerprint density at radius 2 is 1.69 bits per heavy atom. The molecule has 35 heavy (non-hydrogen) atoms. The monoisotopic (exact) mass is 481 g/mol. The lowest BCUT2D eigenvalue weighted by molar-refractivity contribution is -0.121. The van der Waals surface area contributed by atoms with Gasteiger partial charge >= 0.3 is 6.09 Å². The van der Waals surface area contributed by atoms with Crippen LogP contribution >= 0.6 is 0 Å². The van der Waals surface area contributed by atoms with E-state index in [0.29, 0.717) is 24.4 Å². The highest BCUT2D eigenvalue weighted by atomic mass is 16.6. The first-order chi connectivity index (χ1) is 16.6. The second-order valence-corrected chi connectivity index (χ2v) is 10.3. The Morgan fingerprint density at radius 3 is 2.34 bits per heavy atom. The minimum Gasteiger partial charge on any atom is -0.483 e. The molecule has 1 aliphatic rings. The zero-order chi connectivity index (χ0) is 25.4. The van der Waals surface area contributed by atoms with Gasteiger partial charge in [-0.2, -0.15) is 0 Å². The molecule has 1 saturated heterocycles. The average Bonchev–Trinajstić information content (AvgIpc) is 2.82. The highest BCUT2D eigenvalue weighted by molar-refractivity contribution is 5.94. The maximum absolute atomic E-state index is 12.9. The van der Waals surface area contributed by atoms with E-state index < -0.39 is 5.60 Å². The lowest BCUT2D eigenvalue weighted by Gasteiger charge is -2.29. The van der Waals surface area contributed by atoms with Crippen molar-refractivity contribution in [3.8, 4) is 5.75 Å². The number of likely N-dealkylation sites (tertiary alicyclic amines) is 1. The number of carbonyl (C=O) groups is 2. The maximum Gasteiger partial charge on any atom is 0.410 e. The summed E-state index contributed by atoms with van der Waals surface area (Å²) in [5.74, 6) is 0.657. The summed E-state index contributed by atoms with van der Waals surface area (Å²) in [6.07, 6.45) is 1.61. The van der Waals surface area contributed by atoms with Gasteiger partial charge in [0.2, 0.25) is 5.91 Å². The molecule has 0 spiro atoms. The number of anilines is 1. The van der Waals surface area contributed by atoms with Crippen LogP contribution in [0.3, 0.4) is 0 Å². The summed E-state index contributed by atoms with van der Waals surface area (Å²) in [6.45, 7) is 7.87. The van der Waals surface area contributed by atoms with E-state index in [1.165, 1.54) is 0 Å². The van der Waals surface area contributed by atoms with Crippen LogP contribution in [0.15, 0.2) is 54.6 Å². The summed E-state index contributed by atoms with van der Waals surface area (Å²) in [7, 11) is 3.81. The summed E-state index contributed by atoms with van der Waals surface area (Å²) in [4.78, 5) is 29.2. The highest BCUT2D eigenvalue weighted by Crippen LogP contribution is 2.32. The molecule has 0 aromatic heterocycles. The summed E-state index contributed by atoms with van der Waals surface area (Å²) >= 11 is 0. The molecule has 0 saturated carbocycles. The Labute approximate surface area is 209 Å². The van der Waals surface area contributed by atoms with E-state index >= 15 is 0 Å². The van der Waals surface area contributed by atoms with E-state index in [1.54, 1.807) is 11.9 Å². The van der Waals surface area contributed by atoms with Gasteiger partial charge in [-0.05, 0) is 71.4 Å². The summed E-state index contributed by atoms with van der Waals surface area (Å²) in [6, 6.07) is 17.5. The van der Waals surface area contributed by atoms with Crippen molar-refractivity contribution in [2.45, 2.75) is 51.7 Å². The number of hydrogen-bond donors (Lipinski definition) is 1. The number of para-hydroxylation sites is 2. The molecule has 0 bridgehead atoms. The summed E-state index contributed by atoms with van der Waals surface area (Å²) < 4.78 is 11.9. The number of piperidine rings is 1. The topological polar surface area (TPSA) is 71.1 Å². The molecule has 2 aromatic carbocycles. The van der Waals surface area contributed by atoms with Crippen molar-refractivity contribution in [1.29, 1.82) is 0 Å². The number of carbonyl (C=O) groups excluding carboxylic acids is 2. The van der Waals surface area contributed by atoms with Gasteiger partial charge < -0.3 is 24.6 Å². The van der Waals surface area contributed by atoms with E-state index in [4.69, 9.17) is 9.47 Å². The smallest absolute Gasteiger partial charge is 0.410 e. The molecule has 7 heteroatoms. The van der Waals surface area contributed by atoms with Crippen molar-refractivity contribution in [1.82, 2.24) is 9.80 Å². The number of hydrogen-bond acceptors (Lipinski definition) is 5. The van der Waals surface area contributed by atoms with Gasteiger partial charge in [0.05, 0.1) is 5.69 Å². The van der Waals surface area contributed by atoms with Gasteiger partial charge in [0, 0.05) is 25.9 Å². The van der Waals surface area contributed by atoms with E-state index in [-0.39, 0.29) is 24.0 Å². The number of nitrogens with zero attached hydrogens (tertiary/aromatic N) is 2. The normalized spacial score (nSPS) is 15.8. The predicted octanol–water partition coefficient (Wildman–Crippen LogP) is 5.34. The summed E-state index contributed by atoms with van der Waals surface area (Å²) in [5, 5.41) is 3.09. The van der Waals surface area contributed by atoms with E-state index in [1.807, 2.05) is 75.4 Å². The molecule has 0 aliphatic carbocycles. The van der Waals surface area contributed by atoms with Crippen molar-refractivity contribution >= 4 is 17.7 Å². The predicted molar refractivity (Wildman–Crippen MR) is 139 cm³/mol. The van der Waals surface area contributed by atoms with Crippen molar-refractivity contribution in [2.24, 2.45) is 5.92 Å². The fourth-order valence-corrected chi connectivity index (χ4v) is 4.03. The van der Waals surface area contributed by atoms with Crippen molar-refractivity contribution < 1.29 is 19.1 Å². The van der Waals surface area contributed by atoms with Crippen LogP contribution in [-0.4, -0.2) is 61.1 Å². The quantitative estimate of drug-likeness (QED) is 0.551. The minimum absolute atomic E-state index is 0.00616. The third kappa shape index (κ3) is 8.28. The second kappa shape index (κ2) is 12.1. The highest BCUT2D eigenvalue weighted by Gasteiger charge is 2.25. The Balaban J connectivity index is 1.71. The number of amides is 2. The molecule has 7 nitrogen and oxygen atoms in total. The first-order valence-electron chi connectivity index (χ1n) is 12.4. The van der Waals surface area contributed by atoms with E-state index in [9.17, 15) is 9.59 Å². The molecule has 0 radical (unpaired) electrons. The molecule has 3 rings (SSSR count). The average molecular weight is 482 g/mol. The van der Waals surface area contributed by atoms with Crippen LogP contribution in [0.25, 0.3) is 0 Å². The first-order valence-corrected chi connectivity index (χ1v) is 12.4. The molecule has 1 aliphatic heterocycles.